The monoisotopic (exact) mass is 297 g/mol. The van der Waals surface area contributed by atoms with E-state index in [1.165, 1.54) is 13.0 Å². The van der Waals surface area contributed by atoms with Crippen molar-refractivity contribution in [2.24, 2.45) is 5.41 Å². The van der Waals surface area contributed by atoms with Crippen LogP contribution in [0.25, 0.3) is 0 Å². The van der Waals surface area contributed by atoms with Gasteiger partial charge in [0.2, 0.25) is 0 Å². The molecule has 1 aromatic rings. The van der Waals surface area contributed by atoms with Gasteiger partial charge in [-0.2, -0.15) is 0 Å². The zero-order chi connectivity index (χ0) is 15.5. The summed E-state index contributed by atoms with van der Waals surface area (Å²) in [4.78, 5) is 12.1. The van der Waals surface area contributed by atoms with E-state index < -0.39 is 17.5 Å². The molecule has 0 saturated heterocycles. The Morgan fingerprint density at radius 3 is 2.52 bits per heavy atom. The fraction of sp³-hybridized carbons (Fsp3) is 0.562. The SMILES string of the molecule is Cc1cc(C(=O)NCC2(CO)CCCCC2)c(F)cc1F. The average molecular weight is 297 g/mol. The molecule has 3 nitrogen and oxygen atoms in total. The van der Waals surface area contributed by atoms with Crippen molar-refractivity contribution in [3.63, 3.8) is 0 Å². The number of aryl methyl sites for hydroxylation is 1. The van der Waals surface area contributed by atoms with Gasteiger partial charge in [-0.1, -0.05) is 19.3 Å². The Labute approximate surface area is 123 Å². The molecule has 5 heteroatoms. The van der Waals surface area contributed by atoms with Crippen LogP contribution in [-0.4, -0.2) is 24.2 Å². The molecule has 0 spiro atoms. The van der Waals surface area contributed by atoms with Crippen LogP contribution in [0.15, 0.2) is 12.1 Å². The van der Waals surface area contributed by atoms with E-state index in [-0.39, 0.29) is 23.1 Å². The lowest BCUT2D eigenvalue weighted by Gasteiger charge is -2.35. The van der Waals surface area contributed by atoms with Crippen molar-refractivity contribution in [2.45, 2.75) is 39.0 Å². The molecule has 0 bridgehead atoms. The number of rotatable bonds is 4. The van der Waals surface area contributed by atoms with E-state index in [0.717, 1.165) is 38.2 Å². The molecule has 1 saturated carbocycles. The van der Waals surface area contributed by atoms with Crippen molar-refractivity contribution in [3.05, 3.63) is 34.9 Å². The van der Waals surface area contributed by atoms with Crippen molar-refractivity contribution in [1.29, 1.82) is 0 Å². The highest BCUT2D eigenvalue weighted by Gasteiger charge is 2.32. The highest BCUT2D eigenvalue weighted by molar-refractivity contribution is 5.94. The lowest BCUT2D eigenvalue weighted by Crippen LogP contribution is -2.41. The van der Waals surface area contributed by atoms with E-state index in [1.54, 1.807) is 0 Å². The second kappa shape index (κ2) is 6.52. The standard InChI is InChI=1S/C16H21F2NO2/c1-11-7-12(14(18)8-13(11)17)15(21)19-9-16(10-20)5-3-2-4-6-16/h7-8,20H,2-6,9-10H2,1H3,(H,19,21). The summed E-state index contributed by atoms with van der Waals surface area (Å²) in [6.07, 6.45) is 4.91. The number of aliphatic hydroxyl groups excluding tert-OH is 1. The van der Waals surface area contributed by atoms with Crippen LogP contribution >= 0.6 is 0 Å². The van der Waals surface area contributed by atoms with E-state index in [1.807, 2.05) is 0 Å². The zero-order valence-corrected chi connectivity index (χ0v) is 12.2. The van der Waals surface area contributed by atoms with Gasteiger partial charge in [-0.3, -0.25) is 4.79 Å². The van der Waals surface area contributed by atoms with Gasteiger partial charge in [0.15, 0.2) is 0 Å². The number of carbonyl (C=O) groups is 1. The van der Waals surface area contributed by atoms with Gasteiger partial charge in [-0.05, 0) is 31.4 Å². The topological polar surface area (TPSA) is 49.3 Å². The van der Waals surface area contributed by atoms with Crippen LogP contribution < -0.4 is 5.32 Å². The zero-order valence-electron chi connectivity index (χ0n) is 12.2. The molecule has 1 amide bonds. The molecule has 116 valence electrons. The van der Waals surface area contributed by atoms with Crippen molar-refractivity contribution >= 4 is 5.91 Å². The highest BCUT2D eigenvalue weighted by atomic mass is 19.1. The number of benzene rings is 1. The summed E-state index contributed by atoms with van der Waals surface area (Å²) >= 11 is 0. The Kier molecular flexibility index (Phi) is 4.93. The average Bonchev–Trinajstić information content (AvgIpc) is 2.49. The first kappa shape index (κ1) is 15.9. The van der Waals surface area contributed by atoms with E-state index >= 15 is 0 Å². The molecule has 2 rings (SSSR count). The van der Waals surface area contributed by atoms with Crippen LogP contribution in [0.2, 0.25) is 0 Å². The van der Waals surface area contributed by atoms with Gasteiger partial charge in [-0.15, -0.1) is 0 Å². The molecule has 1 fully saturated rings. The van der Waals surface area contributed by atoms with Gasteiger partial charge in [-0.25, -0.2) is 8.78 Å². The van der Waals surface area contributed by atoms with Crippen molar-refractivity contribution in [1.82, 2.24) is 5.32 Å². The molecular formula is C16H21F2NO2. The third kappa shape index (κ3) is 3.59. The van der Waals surface area contributed by atoms with Gasteiger partial charge in [0.25, 0.3) is 5.91 Å². The van der Waals surface area contributed by atoms with Crippen LogP contribution in [0, 0.1) is 24.0 Å². The number of hydrogen-bond acceptors (Lipinski definition) is 2. The number of aliphatic hydroxyl groups is 1. The van der Waals surface area contributed by atoms with Gasteiger partial charge in [0, 0.05) is 18.0 Å². The number of amides is 1. The minimum atomic E-state index is -0.864. The molecule has 1 aliphatic carbocycles. The predicted molar refractivity (Wildman–Crippen MR) is 76.0 cm³/mol. The second-order valence-electron chi connectivity index (χ2n) is 5.98. The quantitative estimate of drug-likeness (QED) is 0.897. The van der Waals surface area contributed by atoms with Crippen molar-refractivity contribution in [3.8, 4) is 0 Å². The molecule has 1 aliphatic rings. The maximum absolute atomic E-state index is 13.7. The van der Waals surface area contributed by atoms with Crippen LogP contribution in [-0.2, 0) is 0 Å². The third-order valence-corrected chi connectivity index (χ3v) is 4.37. The summed E-state index contributed by atoms with van der Waals surface area (Å²) < 4.78 is 26.9. The van der Waals surface area contributed by atoms with Gasteiger partial charge < -0.3 is 10.4 Å². The van der Waals surface area contributed by atoms with E-state index in [2.05, 4.69) is 5.32 Å². The Morgan fingerprint density at radius 2 is 1.90 bits per heavy atom. The summed E-state index contributed by atoms with van der Waals surface area (Å²) in [5.41, 5.74) is -0.228. The summed E-state index contributed by atoms with van der Waals surface area (Å²) in [6.45, 7) is 1.82. The van der Waals surface area contributed by atoms with E-state index in [4.69, 9.17) is 0 Å². The maximum atomic E-state index is 13.7. The molecule has 0 radical (unpaired) electrons. The van der Waals surface area contributed by atoms with E-state index in [9.17, 15) is 18.7 Å². The van der Waals surface area contributed by atoms with Crippen molar-refractivity contribution in [2.75, 3.05) is 13.2 Å². The Hall–Kier alpha value is -1.49. The number of halogens is 2. The lowest BCUT2D eigenvalue weighted by atomic mass is 9.74. The van der Waals surface area contributed by atoms with Crippen molar-refractivity contribution < 1.29 is 18.7 Å². The number of carbonyl (C=O) groups excluding carboxylic acids is 1. The fourth-order valence-corrected chi connectivity index (χ4v) is 2.89. The van der Waals surface area contributed by atoms with Crippen LogP contribution in [0.5, 0.6) is 0 Å². The Balaban J connectivity index is 2.06. The lowest BCUT2D eigenvalue weighted by molar-refractivity contribution is 0.0716. The first-order chi connectivity index (χ1) is 9.97. The summed E-state index contributed by atoms with van der Waals surface area (Å²) in [5, 5.41) is 12.3. The van der Waals surface area contributed by atoms with Crippen LogP contribution in [0.4, 0.5) is 8.78 Å². The minimum absolute atomic E-state index is 0.0121. The maximum Gasteiger partial charge on any atom is 0.254 e. The number of hydrogen-bond donors (Lipinski definition) is 2. The van der Waals surface area contributed by atoms with Gasteiger partial charge in [0.05, 0.1) is 12.2 Å². The molecule has 1 aromatic carbocycles. The predicted octanol–water partition coefficient (Wildman–Crippen LogP) is 2.95. The molecular weight excluding hydrogens is 276 g/mol. The molecule has 0 aliphatic heterocycles. The summed E-state index contributed by atoms with van der Waals surface area (Å²) in [6, 6.07) is 1.94. The first-order valence-corrected chi connectivity index (χ1v) is 7.32. The fourth-order valence-electron chi connectivity index (χ4n) is 2.89. The molecule has 0 atom stereocenters. The first-order valence-electron chi connectivity index (χ1n) is 7.32. The number of nitrogens with one attached hydrogen (secondary N) is 1. The summed E-state index contributed by atoms with van der Waals surface area (Å²) in [7, 11) is 0. The molecule has 0 unspecified atom stereocenters. The smallest absolute Gasteiger partial charge is 0.254 e. The van der Waals surface area contributed by atoms with E-state index in [0.29, 0.717) is 6.54 Å². The molecule has 0 aromatic heterocycles. The Morgan fingerprint density at radius 1 is 1.24 bits per heavy atom. The normalized spacial score (nSPS) is 17.5. The molecule has 2 N–H and O–H groups in total. The third-order valence-electron chi connectivity index (χ3n) is 4.37. The molecule has 21 heavy (non-hydrogen) atoms. The van der Waals surface area contributed by atoms with Gasteiger partial charge in [0.1, 0.15) is 11.6 Å². The Bertz CT molecular complexity index is 525. The largest absolute Gasteiger partial charge is 0.396 e. The molecule has 0 heterocycles. The van der Waals surface area contributed by atoms with Crippen LogP contribution in [0.3, 0.4) is 0 Å². The van der Waals surface area contributed by atoms with Gasteiger partial charge >= 0.3 is 0 Å². The summed E-state index contributed by atoms with van der Waals surface area (Å²) in [5.74, 6) is -2.09. The second-order valence-corrected chi connectivity index (χ2v) is 5.98. The minimum Gasteiger partial charge on any atom is -0.396 e. The highest BCUT2D eigenvalue weighted by Crippen LogP contribution is 2.35. The van der Waals surface area contributed by atoms with Crippen LogP contribution in [0.1, 0.15) is 48.0 Å².